The molecule has 50 heavy (non-hydrogen) atoms. The molecule has 4 saturated carbocycles. The molecule has 13 heteroatoms. The van der Waals surface area contributed by atoms with Crippen LogP contribution in [-0.4, -0.2) is 89.1 Å². The first-order valence-corrected chi connectivity index (χ1v) is 20.4. The van der Waals surface area contributed by atoms with Crippen molar-refractivity contribution in [2.45, 2.75) is 160 Å². The van der Waals surface area contributed by atoms with Gasteiger partial charge >= 0.3 is 6.03 Å². The van der Waals surface area contributed by atoms with E-state index in [1.54, 1.807) is 25.7 Å². The largest absolute Gasteiger partial charge is 0.347 e. The van der Waals surface area contributed by atoms with Crippen LogP contribution in [0.5, 0.6) is 0 Å². The molecule has 4 aliphatic carbocycles. The number of hydrogen-bond acceptors (Lipinski definition) is 7. The van der Waals surface area contributed by atoms with Crippen LogP contribution in [0.3, 0.4) is 0 Å². The van der Waals surface area contributed by atoms with Gasteiger partial charge in [-0.25, -0.2) is 13.2 Å². The molecule has 12 nitrogen and oxygen atoms in total. The van der Waals surface area contributed by atoms with Crippen LogP contribution in [0.15, 0.2) is 0 Å². The van der Waals surface area contributed by atoms with Crippen LogP contribution in [0.25, 0.3) is 0 Å². The van der Waals surface area contributed by atoms with E-state index in [0.717, 1.165) is 38.5 Å². The predicted molar refractivity (Wildman–Crippen MR) is 191 cm³/mol. The lowest BCUT2D eigenvalue weighted by Crippen LogP contribution is -2.64. The molecule has 3 unspecified atom stereocenters. The summed E-state index contributed by atoms with van der Waals surface area (Å²) >= 11 is 0. The van der Waals surface area contributed by atoms with E-state index in [1.807, 2.05) is 27.7 Å². The lowest BCUT2D eigenvalue weighted by Gasteiger charge is -2.41. The summed E-state index contributed by atoms with van der Waals surface area (Å²) in [5, 5.41) is 11.7. The number of piperidine rings is 1. The summed E-state index contributed by atoms with van der Waals surface area (Å²) < 4.78 is 25.7. The minimum atomic E-state index is -3.56. The zero-order chi connectivity index (χ0) is 37.2. The molecule has 5 aliphatic rings. The molecule has 5 amide bonds. The number of fused-ring (bicyclic) bond motifs is 1. The first-order chi connectivity index (χ1) is 23.0. The third-order valence-electron chi connectivity index (χ3n) is 12.3. The highest BCUT2D eigenvalue weighted by molar-refractivity contribution is 7.92. The molecule has 0 aromatic rings. The number of carbonyl (C=O) groups excluding carboxylic acids is 5. The van der Waals surface area contributed by atoms with E-state index in [4.69, 9.17) is 0 Å². The summed E-state index contributed by atoms with van der Waals surface area (Å²) in [5.74, 6) is -2.51. The topological polar surface area (TPSA) is 171 Å². The highest BCUT2D eigenvalue weighted by Gasteiger charge is 2.71. The van der Waals surface area contributed by atoms with Gasteiger partial charge < -0.3 is 26.2 Å². The fourth-order valence-corrected chi connectivity index (χ4v) is 10.2. The van der Waals surface area contributed by atoms with Crippen molar-refractivity contribution in [2.75, 3.05) is 12.3 Å². The third kappa shape index (κ3) is 7.44. The van der Waals surface area contributed by atoms with Gasteiger partial charge in [0.15, 0.2) is 9.84 Å². The van der Waals surface area contributed by atoms with Gasteiger partial charge in [0, 0.05) is 12.6 Å². The first kappa shape index (κ1) is 38.5. The zero-order valence-corrected chi connectivity index (χ0v) is 32.5. The van der Waals surface area contributed by atoms with Crippen molar-refractivity contribution in [2.24, 2.45) is 28.6 Å². The number of hydrogen-bond donors (Lipinski definition) is 4. The molecule has 5 rings (SSSR count). The normalized spacial score (nSPS) is 30.4. The van der Waals surface area contributed by atoms with E-state index in [2.05, 4.69) is 35.1 Å². The third-order valence-corrected chi connectivity index (χ3v) is 15.1. The van der Waals surface area contributed by atoms with Crippen LogP contribution < -0.4 is 21.3 Å². The Morgan fingerprint density at radius 2 is 1.54 bits per heavy atom. The molecule has 0 spiro atoms. The van der Waals surface area contributed by atoms with Gasteiger partial charge in [-0.3, -0.25) is 19.2 Å². The van der Waals surface area contributed by atoms with Crippen LogP contribution in [0.1, 0.15) is 127 Å². The number of Topliss-reactive ketones (excluding diaryl/α,β-unsaturated/α-hetero) is 1. The zero-order valence-electron chi connectivity index (χ0n) is 31.7. The molecule has 0 aromatic heterocycles. The fraction of sp³-hybridized carbons (Fsp3) is 0.865. The van der Waals surface area contributed by atoms with E-state index in [-0.39, 0.29) is 35.0 Å². The minimum absolute atomic E-state index is 0.00783. The van der Waals surface area contributed by atoms with Crippen molar-refractivity contribution in [3.8, 4) is 0 Å². The fourth-order valence-electron chi connectivity index (χ4n) is 8.64. The molecule has 282 valence electrons. The first-order valence-electron chi connectivity index (χ1n) is 18.8. The van der Waals surface area contributed by atoms with E-state index in [0.29, 0.717) is 32.2 Å². The Labute approximate surface area is 298 Å². The Bertz CT molecular complexity index is 1500. The van der Waals surface area contributed by atoms with Crippen LogP contribution >= 0.6 is 0 Å². The summed E-state index contributed by atoms with van der Waals surface area (Å²) in [5.41, 5.74) is -3.18. The van der Waals surface area contributed by atoms with Crippen molar-refractivity contribution in [3.63, 3.8) is 0 Å². The second-order valence-electron chi connectivity index (χ2n) is 18.7. The van der Waals surface area contributed by atoms with Crippen molar-refractivity contribution in [1.82, 2.24) is 26.2 Å². The quantitative estimate of drug-likeness (QED) is 0.223. The van der Waals surface area contributed by atoms with Crippen LogP contribution in [0.4, 0.5) is 4.79 Å². The molecule has 1 heterocycles. The van der Waals surface area contributed by atoms with E-state index in [9.17, 15) is 32.4 Å². The van der Waals surface area contributed by atoms with E-state index < -0.39 is 72.7 Å². The smallest absolute Gasteiger partial charge is 0.315 e. The molecule has 4 N–H and O–H groups in total. The lowest BCUT2D eigenvalue weighted by molar-refractivity contribution is -0.146. The Balaban J connectivity index is 1.36. The number of urea groups is 1. The summed E-state index contributed by atoms with van der Waals surface area (Å²) in [6, 6.07) is -2.49. The van der Waals surface area contributed by atoms with Crippen molar-refractivity contribution < 1.29 is 32.4 Å². The molecule has 0 aromatic carbocycles. The van der Waals surface area contributed by atoms with Crippen LogP contribution in [0.2, 0.25) is 0 Å². The maximum atomic E-state index is 14.5. The molecule has 1 saturated heterocycles. The number of rotatable bonds is 12. The minimum Gasteiger partial charge on any atom is -0.347 e. The van der Waals surface area contributed by atoms with Gasteiger partial charge in [0.25, 0.3) is 5.91 Å². The highest BCUT2D eigenvalue weighted by Crippen LogP contribution is 2.65. The van der Waals surface area contributed by atoms with Gasteiger partial charge in [0.1, 0.15) is 17.6 Å². The Hall–Kier alpha value is -2.70. The van der Waals surface area contributed by atoms with Gasteiger partial charge in [-0.2, -0.15) is 0 Å². The average Bonchev–Trinajstić information content (AvgIpc) is 3.94. The maximum absolute atomic E-state index is 14.5. The number of amides is 5. The monoisotopic (exact) mass is 719 g/mol. The average molecular weight is 720 g/mol. The van der Waals surface area contributed by atoms with Gasteiger partial charge in [-0.05, 0) is 87.9 Å². The molecular formula is C37H61N5O7S. The van der Waals surface area contributed by atoms with Crippen LogP contribution in [0, 0.1) is 28.6 Å². The van der Waals surface area contributed by atoms with Gasteiger partial charge in [0.2, 0.25) is 17.6 Å². The molecule has 6 atom stereocenters. The highest BCUT2D eigenvalue weighted by atomic mass is 32.2. The second-order valence-corrected chi connectivity index (χ2v) is 21.5. The number of nitrogens with one attached hydrogen (secondary N) is 4. The SMILES string of the molecule is CCC[C@H]1CC1(NC(=O)[C@@H]1C2C(CN1C(=O)[C@@H](NC(=O)NC1(CS(=O)(=O)C(C)(C)C)CCCCC1)C(C)(C)C)C2(C)C)C(=O)C(=O)NC1CC1. The van der Waals surface area contributed by atoms with Crippen molar-refractivity contribution in [3.05, 3.63) is 0 Å². The summed E-state index contributed by atoms with van der Waals surface area (Å²) in [6.07, 6.45) is 7.14. The molecule has 0 bridgehead atoms. The summed E-state index contributed by atoms with van der Waals surface area (Å²) in [6.45, 7) is 17.0. The van der Waals surface area contributed by atoms with Gasteiger partial charge in [0.05, 0.1) is 16.0 Å². The predicted octanol–water partition coefficient (Wildman–Crippen LogP) is 3.62. The van der Waals surface area contributed by atoms with E-state index >= 15 is 0 Å². The second kappa shape index (κ2) is 13.1. The summed E-state index contributed by atoms with van der Waals surface area (Å²) in [4.78, 5) is 70.7. The summed E-state index contributed by atoms with van der Waals surface area (Å²) in [7, 11) is -3.56. The van der Waals surface area contributed by atoms with Crippen molar-refractivity contribution >= 4 is 39.4 Å². The van der Waals surface area contributed by atoms with Gasteiger partial charge in [-0.1, -0.05) is 67.2 Å². The lowest BCUT2D eigenvalue weighted by atomic mass is 9.83. The molecule has 1 aliphatic heterocycles. The Kier molecular flexibility index (Phi) is 10.1. The molecular weight excluding hydrogens is 659 g/mol. The Morgan fingerprint density at radius 3 is 2.08 bits per heavy atom. The molecule has 0 radical (unpaired) electrons. The Morgan fingerprint density at radius 1 is 0.920 bits per heavy atom. The molecule has 5 fully saturated rings. The number of sulfone groups is 1. The van der Waals surface area contributed by atoms with Crippen LogP contribution in [-0.2, 0) is 29.0 Å². The number of likely N-dealkylation sites (tertiary alicyclic amines) is 1. The van der Waals surface area contributed by atoms with Gasteiger partial charge in [-0.15, -0.1) is 0 Å². The maximum Gasteiger partial charge on any atom is 0.315 e. The number of ketones is 1. The number of nitrogens with zero attached hydrogens (tertiary/aromatic N) is 1. The van der Waals surface area contributed by atoms with Crippen molar-refractivity contribution in [1.29, 1.82) is 0 Å². The number of carbonyl (C=O) groups is 5. The van der Waals surface area contributed by atoms with E-state index in [1.165, 1.54) is 0 Å². The standard InChI is InChI=1S/C37H61N5O7S/c1-10-14-22-19-37(22,28(43)30(45)38-23-15-16-23)40-29(44)26-25-24(35(25,8)9)20-42(26)31(46)27(33(2,3)4)39-32(47)41-36(17-12-11-13-18-36)21-50(48,49)34(5,6)7/h22-27H,10-21H2,1-9H3,(H,38,45)(H,40,44)(H2,39,41,47)/t22-,24?,25?,26-,27+,37?/m0/s1.